The molecule has 20 heavy (non-hydrogen) atoms. The van der Waals surface area contributed by atoms with E-state index in [0.29, 0.717) is 11.6 Å². The first-order chi connectivity index (χ1) is 9.74. The molecule has 2 aromatic carbocycles. The van der Waals surface area contributed by atoms with Crippen molar-refractivity contribution in [1.29, 1.82) is 0 Å². The first kappa shape index (κ1) is 12.2. The number of carboxylic acid groups (broad SMARTS) is 1. The molecule has 0 spiro atoms. The summed E-state index contributed by atoms with van der Waals surface area (Å²) < 4.78 is 5.45. The minimum Gasteiger partial charge on any atom is -0.478 e. The molecule has 98 valence electrons. The van der Waals surface area contributed by atoms with Crippen LogP contribution in [-0.2, 0) is 0 Å². The Hall–Kier alpha value is -2.88. The molecule has 0 aliphatic carbocycles. The van der Waals surface area contributed by atoms with Crippen LogP contribution in [0.2, 0.25) is 0 Å². The number of benzene rings is 2. The van der Waals surface area contributed by atoms with Crippen LogP contribution in [0.4, 0.5) is 0 Å². The molecule has 0 radical (unpaired) electrons. The third-order valence-electron chi connectivity index (χ3n) is 2.93. The van der Waals surface area contributed by atoms with Crippen molar-refractivity contribution < 1.29 is 14.3 Å². The van der Waals surface area contributed by atoms with Crippen molar-refractivity contribution in [3.8, 4) is 22.7 Å². The second-order valence-corrected chi connectivity index (χ2v) is 4.29. The van der Waals surface area contributed by atoms with Crippen LogP contribution in [0.5, 0.6) is 0 Å². The summed E-state index contributed by atoms with van der Waals surface area (Å²) in [6.45, 7) is 0. The maximum atomic E-state index is 11.0. The van der Waals surface area contributed by atoms with Gasteiger partial charge in [-0.1, -0.05) is 30.3 Å². The molecule has 0 saturated heterocycles. The first-order valence-corrected chi connectivity index (χ1v) is 6.09. The summed E-state index contributed by atoms with van der Waals surface area (Å²) in [4.78, 5) is 15.4. The Morgan fingerprint density at radius 2 is 1.75 bits per heavy atom. The molecule has 0 aliphatic rings. The Labute approximate surface area is 115 Å². The molecule has 1 aromatic heterocycles. The lowest BCUT2D eigenvalue weighted by molar-refractivity contribution is 0.0697. The summed E-state index contributed by atoms with van der Waals surface area (Å²) >= 11 is 0. The predicted molar refractivity (Wildman–Crippen MR) is 74.3 cm³/mol. The second-order valence-electron chi connectivity index (χ2n) is 4.29. The molecule has 0 amide bonds. The van der Waals surface area contributed by atoms with Crippen LogP contribution >= 0.6 is 0 Å². The van der Waals surface area contributed by atoms with Crippen LogP contribution in [0.3, 0.4) is 0 Å². The van der Waals surface area contributed by atoms with Gasteiger partial charge < -0.3 is 9.52 Å². The molecule has 0 bridgehead atoms. The van der Waals surface area contributed by atoms with Crippen molar-refractivity contribution >= 4 is 5.97 Å². The Morgan fingerprint density at radius 1 is 1.00 bits per heavy atom. The number of carboxylic acids is 1. The molecule has 4 nitrogen and oxygen atoms in total. The molecular weight excluding hydrogens is 254 g/mol. The second kappa shape index (κ2) is 5.01. The molecule has 3 aromatic rings. The standard InChI is InChI=1S/C16H11NO3/c18-16(19)13-8-4-7-12(9-13)14-10-20-15(17-14)11-5-2-1-3-6-11/h1-10H,(H,18,19). The molecule has 0 atom stereocenters. The highest BCUT2D eigenvalue weighted by Crippen LogP contribution is 2.24. The van der Waals surface area contributed by atoms with E-state index < -0.39 is 5.97 Å². The van der Waals surface area contributed by atoms with E-state index >= 15 is 0 Å². The molecule has 0 aliphatic heterocycles. The molecule has 1 heterocycles. The van der Waals surface area contributed by atoms with Crippen LogP contribution < -0.4 is 0 Å². The van der Waals surface area contributed by atoms with Gasteiger partial charge >= 0.3 is 5.97 Å². The third-order valence-corrected chi connectivity index (χ3v) is 2.93. The van der Waals surface area contributed by atoms with E-state index in [2.05, 4.69) is 4.98 Å². The number of carbonyl (C=O) groups is 1. The van der Waals surface area contributed by atoms with Crippen LogP contribution in [0.25, 0.3) is 22.7 Å². The van der Waals surface area contributed by atoms with Crippen LogP contribution in [0.1, 0.15) is 10.4 Å². The van der Waals surface area contributed by atoms with Gasteiger partial charge in [0.05, 0.1) is 5.56 Å². The monoisotopic (exact) mass is 265 g/mol. The zero-order chi connectivity index (χ0) is 13.9. The largest absolute Gasteiger partial charge is 0.478 e. The average Bonchev–Trinajstić information content (AvgIpc) is 2.98. The fourth-order valence-electron chi connectivity index (χ4n) is 1.93. The van der Waals surface area contributed by atoms with Crippen molar-refractivity contribution in [3.05, 3.63) is 66.4 Å². The zero-order valence-electron chi connectivity index (χ0n) is 10.5. The van der Waals surface area contributed by atoms with E-state index in [4.69, 9.17) is 9.52 Å². The number of oxazole rings is 1. The normalized spacial score (nSPS) is 10.4. The fourth-order valence-corrected chi connectivity index (χ4v) is 1.93. The third kappa shape index (κ3) is 2.31. The summed E-state index contributed by atoms with van der Waals surface area (Å²) in [5.41, 5.74) is 2.45. The molecule has 0 saturated carbocycles. The van der Waals surface area contributed by atoms with Gasteiger partial charge in [0.25, 0.3) is 0 Å². The average molecular weight is 265 g/mol. The van der Waals surface area contributed by atoms with Crippen LogP contribution in [0, 0.1) is 0 Å². The van der Waals surface area contributed by atoms with Crippen molar-refractivity contribution in [2.45, 2.75) is 0 Å². The van der Waals surface area contributed by atoms with E-state index in [-0.39, 0.29) is 5.56 Å². The number of nitrogens with zero attached hydrogens (tertiary/aromatic N) is 1. The SMILES string of the molecule is O=C(O)c1cccc(-c2coc(-c3ccccc3)n2)c1. The summed E-state index contributed by atoms with van der Waals surface area (Å²) in [6.07, 6.45) is 1.53. The zero-order valence-corrected chi connectivity index (χ0v) is 10.5. The van der Waals surface area contributed by atoms with Gasteiger partial charge in [0, 0.05) is 11.1 Å². The molecular formula is C16H11NO3. The molecule has 0 fully saturated rings. The summed E-state index contributed by atoms with van der Waals surface area (Å²) in [7, 11) is 0. The van der Waals surface area contributed by atoms with Crippen molar-refractivity contribution in [1.82, 2.24) is 4.98 Å². The highest BCUT2D eigenvalue weighted by molar-refractivity contribution is 5.89. The number of rotatable bonds is 3. The molecule has 0 unspecified atom stereocenters. The molecule has 3 rings (SSSR count). The van der Waals surface area contributed by atoms with E-state index in [1.807, 2.05) is 30.3 Å². The van der Waals surface area contributed by atoms with Gasteiger partial charge in [-0.2, -0.15) is 0 Å². The van der Waals surface area contributed by atoms with Crippen LogP contribution in [0.15, 0.2) is 65.3 Å². The Kier molecular flexibility index (Phi) is 3.05. The van der Waals surface area contributed by atoms with Gasteiger partial charge in [0.1, 0.15) is 12.0 Å². The van der Waals surface area contributed by atoms with Crippen LogP contribution in [-0.4, -0.2) is 16.1 Å². The van der Waals surface area contributed by atoms with Gasteiger partial charge in [0.2, 0.25) is 5.89 Å². The minimum absolute atomic E-state index is 0.228. The number of hydrogen-bond acceptors (Lipinski definition) is 3. The van der Waals surface area contributed by atoms with Crippen molar-refractivity contribution in [2.24, 2.45) is 0 Å². The lowest BCUT2D eigenvalue weighted by Gasteiger charge is -1.98. The highest BCUT2D eigenvalue weighted by atomic mass is 16.4. The maximum absolute atomic E-state index is 11.0. The first-order valence-electron chi connectivity index (χ1n) is 6.09. The van der Waals surface area contributed by atoms with Gasteiger partial charge in [0.15, 0.2) is 0 Å². The Balaban J connectivity index is 1.98. The lowest BCUT2D eigenvalue weighted by Crippen LogP contribution is -1.95. The lowest BCUT2D eigenvalue weighted by atomic mass is 10.1. The minimum atomic E-state index is -0.960. The fraction of sp³-hybridized carbons (Fsp3) is 0. The van der Waals surface area contributed by atoms with Gasteiger partial charge in [-0.25, -0.2) is 9.78 Å². The quantitative estimate of drug-likeness (QED) is 0.784. The van der Waals surface area contributed by atoms with Gasteiger partial charge in [-0.3, -0.25) is 0 Å². The highest BCUT2D eigenvalue weighted by Gasteiger charge is 2.10. The predicted octanol–water partition coefficient (Wildman–Crippen LogP) is 3.71. The topological polar surface area (TPSA) is 63.3 Å². The van der Waals surface area contributed by atoms with E-state index in [9.17, 15) is 4.79 Å². The van der Waals surface area contributed by atoms with Gasteiger partial charge in [-0.15, -0.1) is 0 Å². The molecule has 1 N–H and O–H groups in total. The van der Waals surface area contributed by atoms with E-state index in [1.54, 1.807) is 24.3 Å². The summed E-state index contributed by atoms with van der Waals surface area (Å²) in [5.74, 6) is -0.444. The van der Waals surface area contributed by atoms with Crippen molar-refractivity contribution in [3.63, 3.8) is 0 Å². The van der Waals surface area contributed by atoms with E-state index in [1.165, 1.54) is 6.26 Å². The van der Waals surface area contributed by atoms with Crippen molar-refractivity contribution in [2.75, 3.05) is 0 Å². The smallest absolute Gasteiger partial charge is 0.335 e. The Morgan fingerprint density at radius 3 is 2.50 bits per heavy atom. The summed E-state index contributed by atoms with van der Waals surface area (Å²) in [6, 6.07) is 16.2. The Bertz CT molecular complexity index is 747. The number of aromatic carboxylic acids is 1. The number of hydrogen-bond donors (Lipinski definition) is 1. The molecule has 4 heteroatoms. The maximum Gasteiger partial charge on any atom is 0.335 e. The van der Waals surface area contributed by atoms with E-state index in [0.717, 1.165) is 11.1 Å². The van der Waals surface area contributed by atoms with Gasteiger partial charge in [-0.05, 0) is 24.3 Å². The number of aromatic nitrogens is 1. The summed E-state index contributed by atoms with van der Waals surface area (Å²) in [5, 5.41) is 9.00.